The van der Waals surface area contributed by atoms with Gasteiger partial charge in [-0.05, 0) is 22.3 Å². The Morgan fingerprint density at radius 1 is 1.00 bits per heavy atom. The van der Waals surface area contributed by atoms with Crippen molar-refractivity contribution in [1.29, 1.82) is 0 Å². The second-order valence-electron chi connectivity index (χ2n) is 8.66. The highest BCUT2D eigenvalue weighted by Gasteiger charge is 2.51. The zero-order chi connectivity index (χ0) is 20.4. The summed E-state index contributed by atoms with van der Waals surface area (Å²) in [6.07, 6.45) is -1.62. The predicted octanol–water partition coefficient (Wildman–Crippen LogP) is 3.30. The van der Waals surface area contributed by atoms with Gasteiger partial charge >= 0.3 is 0 Å². The number of rotatable bonds is 6. The summed E-state index contributed by atoms with van der Waals surface area (Å²) in [7, 11) is -2.69. The Morgan fingerprint density at radius 3 is 1.93 bits per heavy atom. The van der Waals surface area contributed by atoms with Crippen LogP contribution in [-0.4, -0.2) is 45.0 Å². The van der Waals surface area contributed by atoms with Gasteiger partial charge in [-0.1, -0.05) is 81.4 Å². The van der Waals surface area contributed by atoms with Crippen molar-refractivity contribution < 1.29 is 18.7 Å². The van der Waals surface area contributed by atoms with E-state index >= 15 is 0 Å². The number of hydrogen-bond donors (Lipinski definition) is 1. The third kappa shape index (κ3) is 3.81. The number of ether oxygens (including phenoxy) is 1. The van der Waals surface area contributed by atoms with Gasteiger partial charge in [0.15, 0.2) is 0 Å². The fraction of sp³-hybridized carbons (Fsp3) is 0.478. The molecule has 0 bridgehead atoms. The molecular weight excluding hydrogens is 371 g/mol. The summed E-state index contributed by atoms with van der Waals surface area (Å²) in [4.78, 5) is 0. The molecule has 3 rings (SSSR count). The summed E-state index contributed by atoms with van der Waals surface area (Å²) in [5, 5.41) is 12.4. The molecular formula is C23H31FO3Si. The van der Waals surface area contributed by atoms with E-state index in [1.165, 1.54) is 10.4 Å². The largest absolute Gasteiger partial charge is 0.405 e. The van der Waals surface area contributed by atoms with E-state index < -0.39 is 33.1 Å². The van der Waals surface area contributed by atoms with E-state index in [1.807, 2.05) is 36.4 Å². The van der Waals surface area contributed by atoms with Crippen LogP contribution in [0.1, 0.15) is 27.7 Å². The van der Waals surface area contributed by atoms with Crippen molar-refractivity contribution in [3.05, 3.63) is 60.7 Å². The van der Waals surface area contributed by atoms with Crippen LogP contribution < -0.4 is 10.4 Å². The van der Waals surface area contributed by atoms with Crippen LogP contribution in [0.15, 0.2) is 60.7 Å². The Labute approximate surface area is 168 Å². The summed E-state index contributed by atoms with van der Waals surface area (Å²) in [5.74, 6) is -0.548. The molecule has 0 amide bonds. The zero-order valence-electron chi connectivity index (χ0n) is 17.1. The predicted molar refractivity (Wildman–Crippen MR) is 113 cm³/mol. The van der Waals surface area contributed by atoms with Crippen LogP contribution >= 0.6 is 0 Å². The number of hydrogen-bond acceptors (Lipinski definition) is 3. The molecule has 2 aromatic carbocycles. The van der Waals surface area contributed by atoms with Crippen molar-refractivity contribution in [2.24, 2.45) is 5.92 Å². The van der Waals surface area contributed by atoms with Gasteiger partial charge in [-0.2, -0.15) is 0 Å². The zero-order valence-corrected chi connectivity index (χ0v) is 18.1. The Bertz CT molecular complexity index is 708. The second-order valence-corrected chi connectivity index (χ2v) is 13.0. The van der Waals surface area contributed by atoms with Crippen molar-refractivity contribution >= 4 is 18.7 Å². The molecule has 1 saturated heterocycles. The topological polar surface area (TPSA) is 38.7 Å². The minimum Gasteiger partial charge on any atom is -0.405 e. The SMILES string of the molecule is C[C@@H]1O[C@H](CO[Si](c2ccccc2)(c2ccccc2)C(C)(C)C)[C@@H](CF)[C@H]1O. The molecule has 0 radical (unpaired) electrons. The highest BCUT2D eigenvalue weighted by Crippen LogP contribution is 2.38. The van der Waals surface area contributed by atoms with Crippen LogP contribution in [0.4, 0.5) is 4.39 Å². The molecule has 0 saturated carbocycles. The van der Waals surface area contributed by atoms with Crippen LogP contribution in [-0.2, 0) is 9.16 Å². The van der Waals surface area contributed by atoms with Crippen molar-refractivity contribution in [3.63, 3.8) is 0 Å². The molecule has 1 fully saturated rings. The van der Waals surface area contributed by atoms with Gasteiger partial charge in [0.25, 0.3) is 8.32 Å². The van der Waals surface area contributed by atoms with Crippen molar-refractivity contribution in [3.8, 4) is 0 Å². The molecule has 0 unspecified atom stereocenters. The summed E-state index contributed by atoms with van der Waals surface area (Å²) < 4.78 is 26.3. The molecule has 1 N–H and O–H groups in total. The van der Waals surface area contributed by atoms with Gasteiger partial charge in [0.05, 0.1) is 31.6 Å². The fourth-order valence-corrected chi connectivity index (χ4v) is 8.92. The van der Waals surface area contributed by atoms with E-state index in [9.17, 15) is 9.50 Å². The Hall–Kier alpha value is -1.53. The van der Waals surface area contributed by atoms with E-state index in [1.54, 1.807) is 6.92 Å². The van der Waals surface area contributed by atoms with Gasteiger partial charge < -0.3 is 14.3 Å². The van der Waals surface area contributed by atoms with E-state index in [0.29, 0.717) is 0 Å². The molecule has 2 aromatic rings. The van der Waals surface area contributed by atoms with Crippen LogP contribution in [0.25, 0.3) is 0 Å². The number of alkyl halides is 1. The molecule has 1 heterocycles. The van der Waals surface area contributed by atoms with Gasteiger partial charge in [-0.3, -0.25) is 4.39 Å². The normalized spacial score (nSPS) is 25.8. The average Bonchev–Trinajstić information content (AvgIpc) is 2.96. The third-order valence-electron chi connectivity index (χ3n) is 5.85. The van der Waals surface area contributed by atoms with Crippen molar-refractivity contribution in [2.45, 2.75) is 51.0 Å². The molecule has 3 nitrogen and oxygen atoms in total. The third-order valence-corrected chi connectivity index (χ3v) is 10.9. The number of aliphatic hydroxyl groups is 1. The minimum atomic E-state index is -2.69. The smallest absolute Gasteiger partial charge is 0.261 e. The van der Waals surface area contributed by atoms with E-state index in [2.05, 4.69) is 45.0 Å². The van der Waals surface area contributed by atoms with Crippen LogP contribution in [0.3, 0.4) is 0 Å². The van der Waals surface area contributed by atoms with E-state index in [4.69, 9.17) is 9.16 Å². The number of halogens is 1. The van der Waals surface area contributed by atoms with Crippen LogP contribution in [0.2, 0.25) is 5.04 Å². The first-order valence-corrected chi connectivity index (χ1v) is 11.9. The molecule has 1 aliphatic heterocycles. The lowest BCUT2D eigenvalue weighted by molar-refractivity contribution is 0.000152. The maximum atomic E-state index is 13.6. The van der Waals surface area contributed by atoms with Gasteiger partial charge in [0, 0.05) is 5.92 Å². The maximum Gasteiger partial charge on any atom is 0.261 e. The fourth-order valence-electron chi connectivity index (χ4n) is 4.35. The van der Waals surface area contributed by atoms with Crippen LogP contribution in [0.5, 0.6) is 0 Å². The quantitative estimate of drug-likeness (QED) is 0.754. The summed E-state index contributed by atoms with van der Waals surface area (Å²) in [6.45, 7) is 8.07. The minimum absolute atomic E-state index is 0.149. The summed E-state index contributed by atoms with van der Waals surface area (Å²) in [6, 6.07) is 20.7. The first kappa shape index (κ1) is 21.2. The van der Waals surface area contributed by atoms with Crippen LogP contribution in [0, 0.1) is 5.92 Å². The molecule has 28 heavy (non-hydrogen) atoms. The summed E-state index contributed by atoms with van der Waals surface area (Å²) >= 11 is 0. The van der Waals surface area contributed by atoms with Gasteiger partial charge in [0.1, 0.15) is 0 Å². The molecule has 4 atom stereocenters. The molecule has 152 valence electrons. The maximum absolute atomic E-state index is 13.6. The summed E-state index contributed by atoms with van der Waals surface area (Å²) in [5.41, 5.74) is 0. The standard InChI is InChI=1S/C23H31FO3Si/c1-17-22(25)20(15-24)21(27-17)16-26-28(23(2,3)4,18-11-7-5-8-12-18)19-13-9-6-10-14-19/h5-14,17,20-22,25H,15-16H2,1-4H3/t17-,20+,21+,22-/m0/s1. The Kier molecular flexibility index (Phi) is 6.40. The Balaban J connectivity index is 2.02. The molecule has 0 spiro atoms. The Morgan fingerprint density at radius 2 is 1.50 bits per heavy atom. The van der Waals surface area contributed by atoms with Crippen molar-refractivity contribution in [2.75, 3.05) is 13.3 Å². The molecule has 1 aliphatic rings. The number of benzene rings is 2. The van der Waals surface area contributed by atoms with Crippen molar-refractivity contribution in [1.82, 2.24) is 0 Å². The first-order chi connectivity index (χ1) is 13.3. The lowest BCUT2D eigenvalue weighted by Gasteiger charge is -2.43. The average molecular weight is 403 g/mol. The molecule has 0 aliphatic carbocycles. The highest BCUT2D eigenvalue weighted by atomic mass is 28.4. The second kappa shape index (κ2) is 8.45. The monoisotopic (exact) mass is 402 g/mol. The van der Waals surface area contributed by atoms with E-state index in [-0.39, 0.29) is 17.7 Å². The lowest BCUT2D eigenvalue weighted by atomic mass is 9.99. The number of aliphatic hydroxyl groups excluding tert-OH is 1. The molecule has 0 aromatic heterocycles. The highest BCUT2D eigenvalue weighted by molar-refractivity contribution is 6.99. The first-order valence-electron chi connectivity index (χ1n) is 9.95. The van der Waals surface area contributed by atoms with Gasteiger partial charge in [0.2, 0.25) is 0 Å². The van der Waals surface area contributed by atoms with Gasteiger partial charge in [-0.15, -0.1) is 0 Å². The van der Waals surface area contributed by atoms with Gasteiger partial charge in [-0.25, -0.2) is 0 Å². The van der Waals surface area contributed by atoms with E-state index in [0.717, 1.165) is 0 Å². The lowest BCUT2D eigenvalue weighted by Crippen LogP contribution is -2.67. The molecule has 5 heteroatoms.